The summed E-state index contributed by atoms with van der Waals surface area (Å²) in [7, 11) is 0. The third kappa shape index (κ3) is 2.81. The second-order valence-corrected chi connectivity index (χ2v) is 6.32. The first-order valence-electron chi connectivity index (χ1n) is 5.83. The average Bonchev–Trinajstić information content (AvgIpc) is 2.67. The number of aryl methyl sites for hydroxylation is 1. The van der Waals surface area contributed by atoms with Crippen LogP contribution < -0.4 is 5.69 Å². The van der Waals surface area contributed by atoms with Crippen molar-refractivity contribution in [3.05, 3.63) is 34.9 Å². The minimum Gasteiger partial charge on any atom is -0.480 e. The van der Waals surface area contributed by atoms with E-state index in [2.05, 4.69) is 5.10 Å². The molecule has 0 saturated carbocycles. The summed E-state index contributed by atoms with van der Waals surface area (Å²) in [6.07, 6.45) is 1.66. The Hall–Kier alpha value is -1.76. The van der Waals surface area contributed by atoms with Gasteiger partial charge in [0.05, 0.1) is 6.54 Å². The van der Waals surface area contributed by atoms with Crippen molar-refractivity contribution in [1.29, 1.82) is 0 Å². The molecule has 1 N–H and O–H groups in total. The number of rotatable bonds is 5. The normalized spacial score (nSPS) is 11.9. The number of carboxylic acids is 1. The maximum atomic E-state index is 12.0. The summed E-state index contributed by atoms with van der Waals surface area (Å²) in [6, 6.07) is 5.34. The summed E-state index contributed by atoms with van der Waals surface area (Å²) >= 11 is 1.29. The molecule has 2 aromatic heterocycles. The van der Waals surface area contributed by atoms with Gasteiger partial charge in [0, 0.05) is 11.9 Å². The van der Waals surface area contributed by atoms with Crippen molar-refractivity contribution in [2.75, 3.05) is 5.75 Å². The van der Waals surface area contributed by atoms with Gasteiger partial charge in [-0.05, 0) is 26.0 Å². The lowest BCUT2D eigenvalue weighted by Gasteiger charge is -2.17. The molecule has 6 nitrogen and oxygen atoms in total. The predicted octanol–water partition coefficient (Wildman–Crippen LogP) is 1.09. The summed E-state index contributed by atoms with van der Waals surface area (Å²) in [5.74, 6) is -0.344. The van der Waals surface area contributed by atoms with Crippen LogP contribution in [0.25, 0.3) is 5.65 Å². The van der Waals surface area contributed by atoms with E-state index in [1.54, 1.807) is 32.2 Å². The third-order valence-electron chi connectivity index (χ3n) is 2.77. The minimum atomic E-state index is -0.861. The highest BCUT2D eigenvalue weighted by molar-refractivity contribution is 8.01. The Labute approximate surface area is 114 Å². The number of aromatic nitrogens is 3. The maximum absolute atomic E-state index is 12.0. The second-order valence-electron chi connectivity index (χ2n) is 4.60. The molecule has 0 fully saturated rings. The van der Waals surface area contributed by atoms with Crippen LogP contribution in [-0.4, -0.2) is 35.8 Å². The number of hydrogen-bond acceptors (Lipinski definition) is 4. The fourth-order valence-electron chi connectivity index (χ4n) is 1.56. The fourth-order valence-corrected chi connectivity index (χ4v) is 2.46. The summed E-state index contributed by atoms with van der Waals surface area (Å²) in [6.45, 7) is 3.68. The Kier molecular flexibility index (Phi) is 3.66. The average molecular weight is 281 g/mol. The van der Waals surface area contributed by atoms with Crippen molar-refractivity contribution in [3.8, 4) is 0 Å². The van der Waals surface area contributed by atoms with Gasteiger partial charge in [-0.1, -0.05) is 6.07 Å². The van der Waals surface area contributed by atoms with E-state index in [1.807, 2.05) is 6.07 Å². The molecule has 19 heavy (non-hydrogen) atoms. The van der Waals surface area contributed by atoms with Crippen molar-refractivity contribution in [2.45, 2.75) is 25.1 Å². The zero-order valence-corrected chi connectivity index (χ0v) is 11.6. The molecule has 0 amide bonds. The van der Waals surface area contributed by atoms with Crippen LogP contribution in [0.5, 0.6) is 0 Å². The lowest BCUT2D eigenvalue weighted by molar-refractivity contribution is -0.138. The Morgan fingerprint density at radius 1 is 1.47 bits per heavy atom. The van der Waals surface area contributed by atoms with E-state index in [0.29, 0.717) is 17.9 Å². The monoisotopic (exact) mass is 281 g/mol. The number of carboxylic acid groups (broad SMARTS) is 1. The van der Waals surface area contributed by atoms with Crippen LogP contribution in [0.1, 0.15) is 13.8 Å². The van der Waals surface area contributed by atoms with Crippen LogP contribution in [0.3, 0.4) is 0 Å². The summed E-state index contributed by atoms with van der Waals surface area (Å²) in [5, 5.41) is 13.2. The first-order valence-corrected chi connectivity index (χ1v) is 6.82. The molecule has 0 aliphatic heterocycles. The van der Waals surface area contributed by atoms with E-state index >= 15 is 0 Å². The Morgan fingerprint density at radius 2 is 2.21 bits per heavy atom. The number of carbonyl (C=O) groups is 1. The van der Waals surface area contributed by atoms with Gasteiger partial charge in [0.2, 0.25) is 0 Å². The molecular weight excluding hydrogens is 266 g/mol. The van der Waals surface area contributed by atoms with E-state index < -0.39 is 10.7 Å². The second kappa shape index (κ2) is 5.08. The highest BCUT2D eigenvalue weighted by Gasteiger charge is 2.27. The van der Waals surface area contributed by atoms with E-state index in [9.17, 15) is 9.59 Å². The van der Waals surface area contributed by atoms with Gasteiger partial charge >= 0.3 is 11.7 Å². The summed E-state index contributed by atoms with van der Waals surface area (Å²) in [5.41, 5.74) is 0.388. The zero-order valence-electron chi connectivity index (χ0n) is 10.7. The highest BCUT2D eigenvalue weighted by Crippen LogP contribution is 2.24. The molecular formula is C12H15N3O3S. The van der Waals surface area contributed by atoms with Crippen molar-refractivity contribution in [2.24, 2.45) is 0 Å². The molecule has 0 unspecified atom stereocenters. The van der Waals surface area contributed by atoms with Gasteiger partial charge in [0.1, 0.15) is 4.75 Å². The fraction of sp³-hybridized carbons (Fsp3) is 0.417. The zero-order chi connectivity index (χ0) is 14.0. The quantitative estimate of drug-likeness (QED) is 0.888. The predicted molar refractivity (Wildman–Crippen MR) is 73.6 cm³/mol. The topological polar surface area (TPSA) is 76.6 Å². The van der Waals surface area contributed by atoms with Gasteiger partial charge in [-0.3, -0.25) is 9.20 Å². The molecule has 0 atom stereocenters. The maximum Gasteiger partial charge on any atom is 0.350 e. The number of nitrogens with zero attached hydrogens (tertiary/aromatic N) is 3. The van der Waals surface area contributed by atoms with Gasteiger partial charge < -0.3 is 5.11 Å². The standard InChI is InChI=1S/C12H15N3O3S/c1-12(2,10(16)17)19-8-7-15-11(18)14-6-4-3-5-9(14)13-15/h3-6H,7-8H2,1-2H3,(H,16,17). The number of thioether (sulfide) groups is 1. The first kappa shape index (κ1) is 13.7. The summed E-state index contributed by atoms with van der Waals surface area (Å²) < 4.78 is 1.97. The number of fused-ring (bicyclic) bond motifs is 1. The number of aliphatic carboxylic acids is 1. The molecule has 0 saturated heterocycles. The Balaban J connectivity index is 2.09. The largest absolute Gasteiger partial charge is 0.480 e. The summed E-state index contributed by atoms with van der Waals surface area (Å²) in [4.78, 5) is 22.9. The van der Waals surface area contributed by atoms with Crippen molar-refractivity contribution in [1.82, 2.24) is 14.2 Å². The molecule has 0 bridgehead atoms. The number of pyridine rings is 1. The van der Waals surface area contributed by atoms with Crippen LogP contribution in [0, 0.1) is 0 Å². The van der Waals surface area contributed by atoms with Crippen molar-refractivity contribution >= 4 is 23.4 Å². The van der Waals surface area contributed by atoms with E-state index in [4.69, 9.17) is 5.11 Å². The molecule has 0 radical (unpaired) electrons. The molecule has 102 valence electrons. The highest BCUT2D eigenvalue weighted by atomic mass is 32.2. The minimum absolute atomic E-state index is 0.204. The van der Waals surface area contributed by atoms with E-state index in [1.165, 1.54) is 20.8 Å². The van der Waals surface area contributed by atoms with Gasteiger partial charge in [-0.2, -0.15) is 0 Å². The molecule has 0 aliphatic rings. The van der Waals surface area contributed by atoms with Crippen molar-refractivity contribution in [3.63, 3.8) is 0 Å². The molecule has 2 aromatic rings. The van der Waals surface area contributed by atoms with Crippen LogP contribution in [0.4, 0.5) is 0 Å². The molecule has 0 spiro atoms. The third-order valence-corrected chi connectivity index (χ3v) is 4.05. The van der Waals surface area contributed by atoms with Crippen molar-refractivity contribution < 1.29 is 9.90 Å². The van der Waals surface area contributed by atoms with Crippen LogP contribution in [0.15, 0.2) is 29.2 Å². The SMILES string of the molecule is CC(C)(SCCn1nc2ccccn2c1=O)C(=O)O. The smallest absolute Gasteiger partial charge is 0.350 e. The molecule has 2 rings (SSSR count). The van der Waals surface area contributed by atoms with Gasteiger partial charge in [-0.15, -0.1) is 16.9 Å². The van der Waals surface area contributed by atoms with Gasteiger partial charge in [0.25, 0.3) is 0 Å². The Bertz CT molecular complexity index is 660. The molecule has 2 heterocycles. The molecule has 0 aromatic carbocycles. The molecule has 0 aliphatic carbocycles. The van der Waals surface area contributed by atoms with E-state index in [0.717, 1.165) is 0 Å². The van der Waals surface area contributed by atoms with Crippen LogP contribution >= 0.6 is 11.8 Å². The first-order chi connectivity index (χ1) is 8.92. The van der Waals surface area contributed by atoms with Crippen LogP contribution in [0.2, 0.25) is 0 Å². The Morgan fingerprint density at radius 3 is 2.84 bits per heavy atom. The lowest BCUT2D eigenvalue weighted by Crippen LogP contribution is -2.29. The van der Waals surface area contributed by atoms with E-state index in [-0.39, 0.29) is 5.69 Å². The number of hydrogen-bond donors (Lipinski definition) is 1. The van der Waals surface area contributed by atoms with Gasteiger partial charge in [-0.25, -0.2) is 9.48 Å². The van der Waals surface area contributed by atoms with Crippen LogP contribution in [-0.2, 0) is 11.3 Å². The molecule has 7 heteroatoms. The lowest BCUT2D eigenvalue weighted by atomic mass is 10.2. The van der Waals surface area contributed by atoms with Gasteiger partial charge in [0.15, 0.2) is 5.65 Å².